The number of nitrogens with zero attached hydrogens (tertiary/aromatic N) is 1. The number of sulfonamides is 1. The van der Waals surface area contributed by atoms with Crippen molar-refractivity contribution in [1.29, 1.82) is 0 Å². The molecule has 1 aliphatic heterocycles. The fourth-order valence-corrected chi connectivity index (χ4v) is 4.84. The van der Waals surface area contributed by atoms with Crippen molar-refractivity contribution >= 4 is 10.0 Å². The van der Waals surface area contributed by atoms with Crippen LogP contribution in [-0.4, -0.2) is 42.8 Å². The molecule has 0 spiro atoms. The van der Waals surface area contributed by atoms with Crippen molar-refractivity contribution in [2.24, 2.45) is 11.8 Å². The van der Waals surface area contributed by atoms with E-state index in [1.807, 2.05) is 6.92 Å². The van der Waals surface area contributed by atoms with E-state index >= 15 is 0 Å². The van der Waals surface area contributed by atoms with E-state index in [2.05, 4.69) is 0 Å². The van der Waals surface area contributed by atoms with Gasteiger partial charge in [-0.3, -0.25) is 0 Å². The number of aliphatic hydroxyl groups excluding tert-OH is 1. The maximum absolute atomic E-state index is 11.8. The highest BCUT2D eigenvalue weighted by Gasteiger charge is 2.35. The molecule has 5 heteroatoms. The van der Waals surface area contributed by atoms with Crippen molar-refractivity contribution in [1.82, 2.24) is 4.31 Å². The molecular weight excluding hydrogens is 226 g/mol. The molecule has 0 aromatic rings. The summed E-state index contributed by atoms with van der Waals surface area (Å²) < 4.78 is 25.2. The minimum atomic E-state index is -3.00. The highest BCUT2D eigenvalue weighted by Crippen LogP contribution is 2.28. The second-order valence-corrected chi connectivity index (χ2v) is 7.40. The van der Waals surface area contributed by atoms with Crippen LogP contribution in [-0.2, 0) is 10.0 Å². The molecular formula is C11H21NO3S. The van der Waals surface area contributed by atoms with Gasteiger partial charge in [0, 0.05) is 13.1 Å². The Bertz CT molecular complexity index is 341. The van der Waals surface area contributed by atoms with Crippen LogP contribution in [0.3, 0.4) is 0 Å². The molecule has 2 fully saturated rings. The van der Waals surface area contributed by atoms with Gasteiger partial charge in [0.2, 0.25) is 10.0 Å². The molecule has 1 aliphatic carbocycles. The van der Waals surface area contributed by atoms with Gasteiger partial charge < -0.3 is 5.11 Å². The second-order valence-electron chi connectivity index (χ2n) is 5.39. The Kier molecular flexibility index (Phi) is 3.56. The molecule has 2 aliphatic rings. The van der Waals surface area contributed by atoms with Crippen LogP contribution in [0.2, 0.25) is 0 Å². The van der Waals surface area contributed by atoms with Crippen LogP contribution in [0, 0.1) is 11.8 Å². The van der Waals surface area contributed by atoms with Gasteiger partial charge in [0.05, 0.1) is 11.9 Å². The Hall–Kier alpha value is -0.130. The van der Waals surface area contributed by atoms with Crippen molar-refractivity contribution in [2.75, 3.05) is 18.8 Å². The van der Waals surface area contributed by atoms with Gasteiger partial charge in [0.25, 0.3) is 0 Å². The lowest BCUT2D eigenvalue weighted by Gasteiger charge is -2.28. The Morgan fingerprint density at radius 3 is 2.69 bits per heavy atom. The van der Waals surface area contributed by atoms with Crippen molar-refractivity contribution < 1.29 is 13.5 Å². The van der Waals surface area contributed by atoms with Crippen LogP contribution in [0.4, 0.5) is 0 Å². The van der Waals surface area contributed by atoms with E-state index in [9.17, 15) is 13.5 Å². The van der Waals surface area contributed by atoms with Gasteiger partial charge in [-0.25, -0.2) is 12.7 Å². The summed E-state index contributed by atoms with van der Waals surface area (Å²) >= 11 is 0. The van der Waals surface area contributed by atoms with Gasteiger partial charge in [-0.2, -0.15) is 0 Å². The average molecular weight is 247 g/mol. The first kappa shape index (κ1) is 12.3. The zero-order chi connectivity index (χ0) is 11.8. The van der Waals surface area contributed by atoms with Crippen molar-refractivity contribution in [3.63, 3.8) is 0 Å². The molecule has 2 rings (SSSR count). The predicted molar refractivity (Wildman–Crippen MR) is 62.5 cm³/mol. The number of hydrogen-bond donors (Lipinski definition) is 1. The zero-order valence-electron chi connectivity index (χ0n) is 9.80. The number of rotatable bonds is 2. The predicted octanol–water partition coefficient (Wildman–Crippen LogP) is 0.819. The molecule has 1 N–H and O–H groups in total. The van der Waals surface area contributed by atoms with Crippen LogP contribution >= 0.6 is 0 Å². The maximum atomic E-state index is 11.8. The first-order chi connectivity index (χ1) is 7.47. The Labute approximate surface area is 97.7 Å². The molecule has 0 aromatic heterocycles. The van der Waals surface area contributed by atoms with E-state index < -0.39 is 10.0 Å². The number of hydrogen-bond acceptors (Lipinski definition) is 3. The monoisotopic (exact) mass is 247 g/mol. The molecule has 0 bridgehead atoms. The van der Waals surface area contributed by atoms with Gasteiger partial charge in [-0.1, -0.05) is 13.3 Å². The molecule has 1 saturated heterocycles. The standard InChI is InChI=1S/C11H21NO3S/c1-9-6-12(16(14,15)8-9)7-10-3-2-4-11(13)5-10/h9-11,13H,2-8H2,1H3. The summed E-state index contributed by atoms with van der Waals surface area (Å²) in [7, 11) is -3.00. The minimum absolute atomic E-state index is 0.221. The summed E-state index contributed by atoms with van der Waals surface area (Å²) in [5.41, 5.74) is 0. The van der Waals surface area contributed by atoms with E-state index in [1.165, 1.54) is 0 Å². The summed E-state index contributed by atoms with van der Waals surface area (Å²) in [5.74, 6) is 0.893. The third-order valence-electron chi connectivity index (χ3n) is 3.62. The normalized spacial score (nSPS) is 40.0. The molecule has 0 radical (unpaired) electrons. The minimum Gasteiger partial charge on any atom is -0.393 e. The Morgan fingerprint density at radius 2 is 2.12 bits per heavy atom. The van der Waals surface area contributed by atoms with Crippen molar-refractivity contribution in [3.8, 4) is 0 Å². The third-order valence-corrected chi connectivity index (χ3v) is 5.70. The van der Waals surface area contributed by atoms with Gasteiger partial charge in [0.1, 0.15) is 0 Å². The first-order valence-corrected chi connectivity index (χ1v) is 7.74. The second kappa shape index (κ2) is 4.63. The van der Waals surface area contributed by atoms with Gasteiger partial charge in [-0.15, -0.1) is 0 Å². The van der Waals surface area contributed by atoms with Gasteiger partial charge in [-0.05, 0) is 31.1 Å². The SMILES string of the molecule is CC1CN(CC2CCCC(O)C2)S(=O)(=O)C1. The highest BCUT2D eigenvalue weighted by molar-refractivity contribution is 7.89. The van der Waals surface area contributed by atoms with E-state index in [1.54, 1.807) is 4.31 Å². The molecule has 1 heterocycles. The summed E-state index contributed by atoms with van der Waals surface area (Å²) in [6.07, 6.45) is 3.49. The lowest BCUT2D eigenvalue weighted by atomic mass is 9.87. The number of aliphatic hydroxyl groups is 1. The van der Waals surface area contributed by atoms with Gasteiger partial charge in [0.15, 0.2) is 0 Å². The summed E-state index contributed by atoms with van der Waals surface area (Å²) in [5, 5.41) is 9.57. The molecule has 4 nitrogen and oxygen atoms in total. The van der Waals surface area contributed by atoms with Crippen LogP contribution in [0.25, 0.3) is 0 Å². The summed E-state index contributed by atoms with van der Waals surface area (Å²) in [6.45, 7) is 3.26. The molecule has 3 unspecified atom stereocenters. The van der Waals surface area contributed by atoms with Crippen molar-refractivity contribution in [3.05, 3.63) is 0 Å². The Morgan fingerprint density at radius 1 is 1.38 bits per heavy atom. The Balaban J connectivity index is 1.94. The largest absolute Gasteiger partial charge is 0.393 e. The molecule has 3 atom stereocenters. The van der Waals surface area contributed by atoms with Gasteiger partial charge >= 0.3 is 0 Å². The van der Waals surface area contributed by atoms with Crippen LogP contribution in [0.5, 0.6) is 0 Å². The van der Waals surface area contributed by atoms with Crippen LogP contribution in [0.1, 0.15) is 32.6 Å². The average Bonchev–Trinajstić information content (AvgIpc) is 2.39. The highest BCUT2D eigenvalue weighted by atomic mass is 32.2. The fraction of sp³-hybridized carbons (Fsp3) is 1.00. The fourth-order valence-electron chi connectivity index (χ4n) is 2.88. The maximum Gasteiger partial charge on any atom is 0.214 e. The zero-order valence-corrected chi connectivity index (χ0v) is 10.6. The van der Waals surface area contributed by atoms with E-state index in [0.29, 0.717) is 24.8 Å². The smallest absolute Gasteiger partial charge is 0.214 e. The molecule has 16 heavy (non-hydrogen) atoms. The van der Waals surface area contributed by atoms with E-state index in [-0.39, 0.29) is 12.0 Å². The topological polar surface area (TPSA) is 57.6 Å². The third kappa shape index (κ3) is 2.76. The van der Waals surface area contributed by atoms with Crippen molar-refractivity contribution in [2.45, 2.75) is 38.7 Å². The van der Waals surface area contributed by atoms with E-state index in [4.69, 9.17) is 0 Å². The molecule has 0 aromatic carbocycles. The lowest BCUT2D eigenvalue weighted by Crippen LogP contribution is -2.34. The quantitative estimate of drug-likeness (QED) is 0.786. The summed E-state index contributed by atoms with van der Waals surface area (Å²) in [4.78, 5) is 0. The molecule has 1 saturated carbocycles. The first-order valence-electron chi connectivity index (χ1n) is 6.13. The van der Waals surface area contributed by atoms with Crippen LogP contribution in [0.15, 0.2) is 0 Å². The van der Waals surface area contributed by atoms with Crippen LogP contribution < -0.4 is 0 Å². The summed E-state index contributed by atoms with van der Waals surface area (Å²) in [6, 6.07) is 0. The van der Waals surface area contributed by atoms with E-state index in [0.717, 1.165) is 25.7 Å². The lowest BCUT2D eigenvalue weighted by molar-refractivity contribution is 0.0942. The molecule has 94 valence electrons. The molecule has 0 amide bonds.